The predicted molar refractivity (Wildman–Crippen MR) is 110 cm³/mol. The number of hydrogen-bond acceptors (Lipinski definition) is 3. The number of guanidine groups is 1. The molecule has 0 aliphatic heterocycles. The normalized spacial score (nSPS) is 12.9. The highest BCUT2D eigenvalue weighted by Gasteiger charge is 2.15. The lowest BCUT2D eigenvalue weighted by molar-refractivity contribution is 0.309. The topological polar surface area (TPSA) is 30.9 Å². The van der Waals surface area contributed by atoms with Crippen LogP contribution in [-0.4, -0.2) is 56.5 Å². The molecule has 1 unspecified atom stereocenters. The van der Waals surface area contributed by atoms with Gasteiger partial charge in [-0.1, -0.05) is 19.4 Å². The third-order valence-electron chi connectivity index (χ3n) is 3.45. The van der Waals surface area contributed by atoms with Crippen molar-refractivity contribution < 1.29 is 0 Å². The fraction of sp³-hybridized carbons (Fsp3) is 0.688. The second kappa shape index (κ2) is 12.1. The van der Waals surface area contributed by atoms with Crippen LogP contribution < -0.4 is 5.32 Å². The maximum atomic E-state index is 4.84. The number of halogens is 1. The standard InChI is InChI=1S/C16H30N4S.HI/c1-6-8-11-20(5)16(17-7-2)18-13-14(19(3)4)15-10-9-12-21-15;/h9-10,12,14H,6-8,11,13H2,1-5H3,(H,17,18);1H. The number of nitrogens with zero attached hydrogens (tertiary/aromatic N) is 3. The molecule has 0 amide bonds. The summed E-state index contributed by atoms with van der Waals surface area (Å²) in [6, 6.07) is 4.65. The van der Waals surface area contributed by atoms with Crippen molar-refractivity contribution >= 4 is 41.3 Å². The van der Waals surface area contributed by atoms with E-state index in [1.807, 2.05) is 0 Å². The Kier molecular flexibility index (Phi) is 11.9. The number of aliphatic imine (C=N–C) groups is 1. The molecule has 0 spiro atoms. The lowest BCUT2D eigenvalue weighted by Gasteiger charge is -2.25. The molecule has 0 aliphatic rings. The second-order valence-electron chi connectivity index (χ2n) is 5.46. The van der Waals surface area contributed by atoms with E-state index in [1.54, 1.807) is 11.3 Å². The summed E-state index contributed by atoms with van der Waals surface area (Å²) in [6.07, 6.45) is 2.40. The predicted octanol–water partition coefficient (Wildman–Crippen LogP) is 3.67. The van der Waals surface area contributed by atoms with Gasteiger partial charge in [0.1, 0.15) is 0 Å². The van der Waals surface area contributed by atoms with E-state index < -0.39 is 0 Å². The van der Waals surface area contributed by atoms with Crippen molar-refractivity contribution in [3.63, 3.8) is 0 Å². The van der Waals surface area contributed by atoms with Crippen molar-refractivity contribution in [2.75, 3.05) is 40.8 Å². The van der Waals surface area contributed by atoms with Gasteiger partial charge in [-0.25, -0.2) is 0 Å². The first-order valence-electron chi connectivity index (χ1n) is 7.79. The molecule has 0 fully saturated rings. The largest absolute Gasteiger partial charge is 0.357 e. The molecule has 1 rings (SSSR count). The maximum Gasteiger partial charge on any atom is 0.193 e. The lowest BCUT2D eigenvalue weighted by atomic mass is 10.2. The quantitative estimate of drug-likeness (QED) is 0.382. The molecule has 1 N–H and O–H groups in total. The molecule has 0 bridgehead atoms. The van der Waals surface area contributed by atoms with Crippen LogP contribution in [0.2, 0.25) is 0 Å². The molecule has 6 heteroatoms. The van der Waals surface area contributed by atoms with Crippen LogP contribution >= 0.6 is 35.3 Å². The van der Waals surface area contributed by atoms with Crippen LogP contribution in [0.1, 0.15) is 37.6 Å². The molecule has 1 heterocycles. The summed E-state index contributed by atoms with van der Waals surface area (Å²) in [7, 11) is 6.36. The van der Waals surface area contributed by atoms with E-state index in [1.165, 1.54) is 17.7 Å². The highest BCUT2D eigenvalue weighted by atomic mass is 127. The van der Waals surface area contributed by atoms with Gasteiger partial charge in [0.25, 0.3) is 0 Å². The van der Waals surface area contributed by atoms with Gasteiger partial charge in [0.15, 0.2) is 5.96 Å². The van der Waals surface area contributed by atoms with Crippen molar-refractivity contribution in [1.82, 2.24) is 15.1 Å². The van der Waals surface area contributed by atoms with Gasteiger partial charge in [0, 0.05) is 25.0 Å². The van der Waals surface area contributed by atoms with E-state index in [-0.39, 0.29) is 24.0 Å². The molecule has 0 aliphatic carbocycles. The Morgan fingerprint density at radius 2 is 2.05 bits per heavy atom. The first-order chi connectivity index (χ1) is 10.1. The number of rotatable bonds is 8. The number of nitrogens with one attached hydrogen (secondary N) is 1. The van der Waals surface area contributed by atoms with Gasteiger partial charge in [-0.15, -0.1) is 35.3 Å². The summed E-state index contributed by atoms with van der Waals surface area (Å²) in [5.74, 6) is 1.01. The Hall–Kier alpha value is -0.340. The maximum absolute atomic E-state index is 4.84. The van der Waals surface area contributed by atoms with Crippen molar-refractivity contribution in [1.29, 1.82) is 0 Å². The highest BCUT2D eigenvalue weighted by molar-refractivity contribution is 14.0. The van der Waals surface area contributed by atoms with Crippen molar-refractivity contribution in [3.8, 4) is 0 Å². The fourth-order valence-electron chi connectivity index (χ4n) is 2.13. The van der Waals surface area contributed by atoms with Crippen LogP contribution in [-0.2, 0) is 0 Å². The molecule has 1 atom stereocenters. The van der Waals surface area contributed by atoms with E-state index in [0.717, 1.165) is 25.6 Å². The van der Waals surface area contributed by atoms with Crippen LogP contribution in [0.5, 0.6) is 0 Å². The summed E-state index contributed by atoms with van der Waals surface area (Å²) >= 11 is 1.80. The third-order valence-corrected chi connectivity index (χ3v) is 4.43. The lowest BCUT2D eigenvalue weighted by Crippen LogP contribution is -2.40. The zero-order chi connectivity index (χ0) is 15.7. The Morgan fingerprint density at radius 3 is 2.55 bits per heavy atom. The average Bonchev–Trinajstić information content (AvgIpc) is 2.97. The van der Waals surface area contributed by atoms with Crippen molar-refractivity contribution in [2.45, 2.75) is 32.7 Å². The van der Waals surface area contributed by atoms with Crippen molar-refractivity contribution in [3.05, 3.63) is 22.4 Å². The van der Waals surface area contributed by atoms with E-state index in [2.05, 4.69) is 67.6 Å². The molecule has 4 nitrogen and oxygen atoms in total. The Morgan fingerprint density at radius 1 is 1.32 bits per heavy atom. The summed E-state index contributed by atoms with van der Waals surface area (Å²) in [5, 5.41) is 5.52. The number of hydrogen-bond donors (Lipinski definition) is 1. The fourth-order valence-corrected chi connectivity index (χ4v) is 3.05. The highest BCUT2D eigenvalue weighted by Crippen LogP contribution is 2.23. The SMILES string of the molecule is CCCCN(C)C(=NCC(c1cccs1)N(C)C)NCC.I. The summed E-state index contributed by atoms with van der Waals surface area (Å²) in [6.45, 7) is 7.07. The van der Waals surface area contributed by atoms with Crippen molar-refractivity contribution in [2.24, 2.45) is 4.99 Å². The molecule has 0 aromatic carbocycles. The van der Waals surface area contributed by atoms with E-state index >= 15 is 0 Å². The summed E-state index contributed by atoms with van der Waals surface area (Å²) in [4.78, 5) is 10.7. The Bertz CT molecular complexity index is 406. The molecule has 1 aromatic heterocycles. The third kappa shape index (κ3) is 7.28. The second-order valence-corrected chi connectivity index (χ2v) is 6.44. The first-order valence-corrected chi connectivity index (χ1v) is 8.67. The number of likely N-dealkylation sites (N-methyl/N-ethyl adjacent to an activating group) is 1. The monoisotopic (exact) mass is 438 g/mol. The zero-order valence-electron chi connectivity index (χ0n) is 14.5. The van der Waals surface area contributed by atoms with E-state index in [0.29, 0.717) is 6.04 Å². The van der Waals surface area contributed by atoms with Gasteiger partial charge in [-0.05, 0) is 38.9 Å². The van der Waals surface area contributed by atoms with Gasteiger partial charge in [0.2, 0.25) is 0 Å². The molecular weight excluding hydrogens is 407 g/mol. The number of thiophene rings is 1. The molecule has 1 aromatic rings. The minimum atomic E-state index is 0. The minimum Gasteiger partial charge on any atom is -0.357 e. The molecule has 0 saturated carbocycles. The Labute approximate surface area is 157 Å². The van der Waals surface area contributed by atoms with Gasteiger partial charge >= 0.3 is 0 Å². The van der Waals surface area contributed by atoms with Crippen LogP contribution in [0.3, 0.4) is 0 Å². The van der Waals surface area contributed by atoms with Crippen LogP contribution in [0.15, 0.2) is 22.5 Å². The van der Waals surface area contributed by atoms with Gasteiger partial charge < -0.3 is 15.1 Å². The molecule has 0 radical (unpaired) electrons. The Balaban J connectivity index is 0.00000441. The zero-order valence-corrected chi connectivity index (χ0v) is 17.6. The average molecular weight is 438 g/mol. The van der Waals surface area contributed by atoms with Crippen LogP contribution in [0.4, 0.5) is 0 Å². The first kappa shape index (κ1) is 21.7. The molecule has 128 valence electrons. The minimum absolute atomic E-state index is 0. The van der Waals surface area contributed by atoms with Crippen LogP contribution in [0, 0.1) is 0 Å². The molecular formula is C16H31IN4S. The van der Waals surface area contributed by atoms with Gasteiger partial charge in [-0.3, -0.25) is 4.99 Å². The summed E-state index contributed by atoms with van der Waals surface area (Å²) in [5.41, 5.74) is 0. The van der Waals surface area contributed by atoms with Gasteiger partial charge in [0.05, 0.1) is 12.6 Å². The molecule has 22 heavy (non-hydrogen) atoms. The van der Waals surface area contributed by atoms with Crippen LogP contribution in [0.25, 0.3) is 0 Å². The summed E-state index contributed by atoms with van der Waals surface area (Å²) < 4.78 is 0. The van der Waals surface area contributed by atoms with E-state index in [9.17, 15) is 0 Å². The van der Waals surface area contributed by atoms with E-state index in [4.69, 9.17) is 4.99 Å². The molecule has 0 saturated heterocycles. The smallest absolute Gasteiger partial charge is 0.193 e. The van der Waals surface area contributed by atoms with Gasteiger partial charge in [-0.2, -0.15) is 0 Å². The number of unbranched alkanes of at least 4 members (excludes halogenated alkanes) is 1.